The smallest absolute Gasteiger partial charge is 0.213 e. The predicted octanol–water partition coefficient (Wildman–Crippen LogP) is 10.9. The topological polar surface area (TPSA) is 73.9 Å². The van der Waals surface area contributed by atoms with Crippen molar-refractivity contribution in [3.8, 4) is 5.88 Å². The molecule has 6 rings (SSSR count). The van der Waals surface area contributed by atoms with Crippen LogP contribution in [0.2, 0.25) is 0 Å². The number of nitrogens with one attached hydrogen (secondary N) is 3. The summed E-state index contributed by atoms with van der Waals surface area (Å²) in [7, 11) is 0. The van der Waals surface area contributed by atoms with Crippen LogP contribution in [-0.2, 0) is 16.6 Å². The molecule has 2 aliphatic heterocycles. The molecule has 1 aromatic heterocycles. The van der Waals surface area contributed by atoms with Crippen molar-refractivity contribution in [2.45, 2.75) is 232 Å². The van der Waals surface area contributed by atoms with Crippen LogP contribution in [-0.4, -0.2) is 95.7 Å². The van der Waals surface area contributed by atoms with Gasteiger partial charge < -0.3 is 35.2 Å². The van der Waals surface area contributed by atoms with E-state index in [2.05, 4.69) is 164 Å². The first-order valence-corrected chi connectivity index (χ1v) is 25.0. The lowest BCUT2D eigenvalue weighted by Crippen LogP contribution is -2.58. The molecule has 8 heteroatoms. The zero-order valence-corrected chi connectivity index (χ0v) is 42.2. The van der Waals surface area contributed by atoms with Gasteiger partial charge in [0, 0.05) is 85.4 Å². The van der Waals surface area contributed by atoms with Gasteiger partial charge in [0.1, 0.15) is 6.10 Å². The SMILES string of the molecule is CC(C)(C)CN1CCC(O[C@H]2C[C@H](NC(C)(CCC(C)(C)Cc3ccc(N4CC[C@H](NC(C)(C)C)C4)cc3)CCC(C)(C)N[C@H]3C[C@H](Oc4cc(C(C)(C)C)ccn4)C3)C2)CC1. The van der Waals surface area contributed by atoms with Crippen LogP contribution in [0.4, 0.5) is 5.69 Å². The lowest BCUT2D eigenvalue weighted by Gasteiger charge is -2.47. The van der Waals surface area contributed by atoms with Gasteiger partial charge in [-0.3, -0.25) is 0 Å². The van der Waals surface area contributed by atoms with Crippen molar-refractivity contribution in [1.82, 2.24) is 25.8 Å². The molecule has 0 bridgehead atoms. The quantitative estimate of drug-likeness (QED) is 0.129. The summed E-state index contributed by atoms with van der Waals surface area (Å²) < 4.78 is 13.1. The van der Waals surface area contributed by atoms with Crippen LogP contribution in [0, 0.1) is 10.8 Å². The molecule has 0 radical (unpaired) electrons. The Kier molecular flexibility index (Phi) is 15.6. The molecule has 3 heterocycles. The Bertz CT molecular complexity index is 1680. The van der Waals surface area contributed by atoms with Gasteiger partial charge in [0.05, 0.1) is 12.2 Å². The maximum Gasteiger partial charge on any atom is 0.213 e. The van der Waals surface area contributed by atoms with Crippen LogP contribution in [0.5, 0.6) is 5.88 Å². The van der Waals surface area contributed by atoms with Gasteiger partial charge in [-0.15, -0.1) is 0 Å². The fourth-order valence-corrected chi connectivity index (χ4v) is 10.6. The predicted molar refractivity (Wildman–Crippen MR) is 262 cm³/mol. The highest BCUT2D eigenvalue weighted by Gasteiger charge is 2.40. The van der Waals surface area contributed by atoms with Crippen LogP contribution < -0.4 is 25.6 Å². The first kappa shape index (κ1) is 49.2. The molecule has 1 unspecified atom stereocenters. The van der Waals surface area contributed by atoms with Crippen LogP contribution in [0.25, 0.3) is 0 Å². The van der Waals surface area contributed by atoms with Gasteiger partial charge in [0.2, 0.25) is 5.88 Å². The van der Waals surface area contributed by atoms with Crippen molar-refractivity contribution < 1.29 is 9.47 Å². The summed E-state index contributed by atoms with van der Waals surface area (Å²) in [6.45, 7) is 38.6. The van der Waals surface area contributed by atoms with E-state index < -0.39 is 0 Å². The third-order valence-corrected chi connectivity index (χ3v) is 14.3. The molecule has 8 nitrogen and oxygen atoms in total. The summed E-state index contributed by atoms with van der Waals surface area (Å²) in [5.74, 6) is 0.761. The number of likely N-dealkylation sites (tertiary alicyclic amines) is 1. The van der Waals surface area contributed by atoms with E-state index in [1.807, 2.05) is 6.20 Å². The van der Waals surface area contributed by atoms with E-state index in [0.717, 1.165) is 63.9 Å². The Balaban J connectivity index is 1.01. The molecule has 4 aliphatic rings. The lowest BCUT2D eigenvalue weighted by atomic mass is 9.75. The van der Waals surface area contributed by atoms with Gasteiger partial charge in [-0.2, -0.15) is 0 Å². The fraction of sp³-hybridized carbons (Fsp3) is 0.796. The summed E-state index contributed by atoms with van der Waals surface area (Å²) in [5, 5.41) is 12.1. The summed E-state index contributed by atoms with van der Waals surface area (Å²) in [5.41, 5.74) is 4.95. The normalized spacial score (nSPS) is 25.6. The van der Waals surface area contributed by atoms with Gasteiger partial charge in [-0.1, -0.05) is 67.5 Å². The second-order valence-corrected chi connectivity index (χ2v) is 25.6. The van der Waals surface area contributed by atoms with Crippen LogP contribution in [0.15, 0.2) is 42.6 Å². The third-order valence-electron chi connectivity index (χ3n) is 14.3. The van der Waals surface area contributed by atoms with Crippen LogP contribution >= 0.6 is 0 Å². The molecule has 0 spiro atoms. The molecule has 350 valence electrons. The number of benzene rings is 1. The van der Waals surface area contributed by atoms with Gasteiger partial charge >= 0.3 is 0 Å². The number of nitrogens with zero attached hydrogens (tertiary/aromatic N) is 3. The van der Waals surface area contributed by atoms with Gasteiger partial charge in [-0.25, -0.2) is 4.98 Å². The average Bonchev–Trinajstić information content (AvgIpc) is 3.59. The standard InChI is InChI=1S/C54H92N6O2/c1-49(2,3)38-59-28-21-45(22-29-59)61-46-34-43(35-46)58-54(14,26-24-53(12,13)57-42-32-47(33-42)62-48-31-40(19-27-55-48)50(4,5)6)25-23-52(10,11)36-39-15-17-44(18-16-39)60-30-20-41(37-60)56-51(7,8)9/h15-19,27,31,41-43,45-47,56-58H,20-26,28-30,32-38H2,1-14H3/t41-,42-,43-,46-,47-,54?/m0/s1. The Hall–Kier alpha value is -2.23. The number of hydrogen-bond donors (Lipinski definition) is 3. The number of pyridine rings is 1. The number of rotatable bonds is 19. The molecular weight excluding hydrogens is 765 g/mol. The maximum absolute atomic E-state index is 6.74. The van der Waals surface area contributed by atoms with E-state index in [1.54, 1.807) is 0 Å². The number of aromatic nitrogens is 1. The van der Waals surface area contributed by atoms with Gasteiger partial charge in [-0.05, 0) is 164 Å². The molecule has 2 saturated carbocycles. The Morgan fingerprint density at radius 1 is 0.645 bits per heavy atom. The van der Waals surface area contributed by atoms with E-state index in [4.69, 9.17) is 9.47 Å². The van der Waals surface area contributed by atoms with Gasteiger partial charge in [0.25, 0.3) is 0 Å². The molecule has 1 aromatic carbocycles. The second-order valence-electron chi connectivity index (χ2n) is 25.6. The van der Waals surface area contributed by atoms with E-state index >= 15 is 0 Å². The minimum atomic E-state index is 0.0333. The molecule has 3 N–H and O–H groups in total. The van der Waals surface area contributed by atoms with Crippen molar-refractivity contribution in [3.63, 3.8) is 0 Å². The highest BCUT2D eigenvalue weighted by atomic mass is 16.5. The molecule has 2 saturated heterocycles. The van der Waals surface area contributed by atoms with Crippen molar-refractivity contribution in [1.29, 1.82) is 0 Å². The third kappa shape index (κ3) is 15.5. The number of ether oxygens (including phenoxy) is 2. The molecular formula is C54H92N6O2. The van der Waals surface area contributed by atoms with Crippen LogP contribution in [0.3, 0.4) is 0 Å². The van der Waals surface area contributed by atoms with E-state index in [-0.39, 0.29) is 33.6 Å². The lowest BCUT2D eigenvalue weighted by molar-refractivity contribution is -0.0895. The Morgan fingerprint density at radius 2 is 1.27 bits per heavy atom. The number of anilines is 1. The monoisotopic (exact) mass is 857 g/mol. The molecule has 2 aliphatic carbocycles. The first-order chi connectivity index (χ1) is 28.8. The molecule has 62 heavy (non-hydrogen) atoms. The van der Waals surface area contributed by atoms with Crippen molar-refractivity contribution >= 4 is 5.69 Å². The maximum atomic E-state index is 6.74. The highest BCUT2D eigenvalue weighted by molar-refractivity contribution is 5.49. The van der Waals surface area contributed by atoms with E-state index in [9.17, 15) is 0 Å². The molecule has 2 aromatic rings. The van der Waals surface area contributed by atoms with E-state index in [0.29, 0.717) is 35.7 Å². The minimum absolute atomic E-state index is 0.0333. The van der Waals surface area contributed by atoms with E-state index in [1.165, 1.54) is 68.6 Å². The second kappa shape index (κ2) is 19.7. The first-order valence-electron chi connectivity index (χ1n) is 25.0. The molecule has 4 fully saturated rings. The summed E-state index contributed by atoms with van der Waals surface area (Å²) in [6.07, 6.45) is 16.5. The van der Waals surface area contributed by atoms with Gasteiger partial charge in [0.15, 0.2) is 0 Å². The Morgan fingerprint density at radius 3 is 1.90 bits per heavy atom. The number of piperidine rings is 1. The molecule has 2 atom stereocenters. The summed E-state index contributed by atoms with van der Waals surface area (Å²) in [6, 6.07) is 15.3. The average molecular weight is 857 g/mol. The zero-order valence-electron chi connectivity index (χ0n) is 42.2. The molecule has 0 amide bonds. The minimum Gasteiger partial charge on any atom is -0.474 e. The zero-order chi connectivity index (χ0) is 45.1. The highest BCUT2D eigenvalue weighted by Crippen LogP contribution is 2.38. The van der Waals surface area contributed by atoms with Crippen molar-refractivity contribution in [2.75, 3.05) is 37.6 Å². The largest absolute Gasteiger partial charge is 0.474 e. The summed E-state index contributed by atoms with van der Waals surface area (Å²) >= 11 is 0. The van der Waals surface area contributed by atoms with Crippen LogP contribution in [0.1, 0.15) is 179 Å². The van der Waals surface area contributed by atoms with Crippen molar-refractivity contribution in [2.24, 2.45) is 10.8 Å². The number of hydrogen-bond acceptors (Lipinski definition) is 8. The fourth-order valence-electron chi connectivity index (χ4n) is 10.6. The van der Waals surface area contributed by atoms with Crippen molar-refractivity contribution in [3.05, 3.63) is 53.7 Å². The Labute approximate surface area is 380 Å². The summed E-state index contributed by atoms with van der Waals surface area (Å²) in [4.78, 5) is 9.73.